The van der Waals surface area contributed by atoms with Gasteiger partial charge in [-0.2, -0.15) is 0 Å². The van der Waals surface area contributed by atoms with Crippen LogP contribution in [0.15, 0.2) is 18.2 Å². The summed E-state index contributed by atoms with van der Waals surface area (Å²) in [6.07, 6.45) is 3.29. The smallest absolute Gasteiger partial charge is 0.227 e. The Kier molecular flexibility index (Phi) is 6.41. The molecular formula is C20H30N2O2. The van der Waals surface area contributed by atoms with E-state index in [1.54, 1.807) is 0 Å². The van der Waals surface area contributed by atoms with Crippen molar-refractivity contribution in [3.05, 3.63) is 29.3 Å². The number of amides is 2. The van der Waals surface area contributed by atoms with Crippen molar-refractivity contribution in [1.82, 2.24) is 4.90 Å². The van der Waals surface area contributed by atoms with E-state index in [0.717, 1.165) is 42.5 Å². The Balaban J connectivity index is 1.92. The van der Waals surface area contributed by atoms with Crippen molar-refractivity contribution in [3.63, 3.8) is 0 Å². The first-order valence-electron chi connectivity index (χ1n) is 9.13. The highest BCUT2D eigenvalue weighted by atomic mass is 16.2. The topological polar surface area (TPSA) is 49.4 Å². The first-order valence-corrected chi connectivity index (χ1v) is 9.13. The Morgan fingerprint density at radius 2 is 1.67 bits per heavy atom. The molecule has 0 saturated carbocycles. The molecule has 1 saturated heterocycles. The molecule has 0 spiro atoms. The zero-order chi connectivity index (χ0) is 17.7. The number of rotatable bonds is 5. The molecule has 0 atom stereocenters. The largest absolute Gasteiger partial charge is 0.342 e. The van der Waals surface area contributed by atoms with Crippen LogP contribution in [0.1, 0.15) is 50.7 Å². The lowest BCUT2D eigenvalue weighted by atomic mass is 9.93. The van der Waals surface area contributed by atoms with Crippen LogP contribution in [-0.4, -0.2) is 29.8 Å². The van der Waals surface area contributed by atoms with Gasteiger partial charge in [-0.25, -0.2) is 0 Å². The molecule has 1 heterocycles. The average Bonchev–Trinajstić information content (AvgIpc) is 2.59. The molecule has 0 bridgehead atoms. The van der Waals surface area contributed by atoms with Gasteiger partial charge in [-0.05, 0) is 50.7 Å². The van der Waals surface area contributed by atoms with E-state index in [0.29, 0.717) is 13.1 Å². The lowest BCUT2D eigenvalue weighted by Gasteiger charge is -2.33. The van der Waals surface area contributed by atoms with E-state index in [2.05, 4.69) is 19.2 Å². The van der Waals surface area contributed by atoms with E-state index < -0.39 is 0 Å². The minimum Gasteiger partial charge on any atom is -0.342 e. The minimum atomic E-state index is -0.00485. The summed E-state index contributed by atoms with van der Waals surface area (Å²) < 4.78 is 0. The van der Waals surface area contributed by atoms with E-state index in [1.807, 2.05) is 36.9 Å². The maximum Gasteiger partial charge on any atom is 0.227 e. The third kappa shape index (κ3) is 4.16. The molecule has 0 unspecified atom stereocenters. The summed E-state index contributed by atoms with van der Waals surface area (Å²) >= 11 is 0. The van der Waals surface area contributed by atoms with Gasteiger partial charge in [-0.3, -0.25) is 9.59 Å². The minimum absolute atomic E-state index is 0.00485. The number of para-hydroxylation sites is 1. The molecule has 1 aromatic rings. The molecule has 0 aromatic heterocycles. The fourth-order valence-corrected chi connectivity index (χ4v) is 3.50. The van der Waals surface area contributed by atoms with Crippen LogP contribution < -0.4 is 5.32 Å². The van der Waals surface area contributed by atoms with Gasteiger partial charge in [0.05, 0.1) is 0 Å². The summed E-state index contributed by atoms with van der Waals surface area (Å²) in [6, 6.07) is 6.03. The number of nitrogens with one attached hydrogen (secondary N) is 1. The molecule has 1 N–H and O–H groups in total. The second kappa shape index (κ2) is 8.32. The number of piperidine rings is 1. The average molecular weight is 330 g/mol. The van der Waals surface area contributed by atoms with Gasteiger partial charge in [0.15, 0.2) is 0 Å². The predicted octanol–water partition coefficient (Wildman–Crippen LogP) is 3.92. The molecule has 2 rings (SSSR count). The van der Waals surface area contributed by atoms with Crippen molar-refractivity contribution in [1.29, 1.82) is 0 Å². The molecule has 4 heteroatoms. The monoisotopic (exact) mass is 330 g/mol. The Hall–Kier alpha value is -1.84. The number of anilines is 1. The summed E-state index contributed by atoms with van der Waals surface area (Å²) in [7, 11) is 0. The van der Waals surface area contributed by atoms with E-state index in [4.69, 9.17) is 0 Å². The molecule has 4 nitrogen and oxygen atoms in total. The zero-order valence-electron chi connectivity index (χ0n) is 15.4. The van der Waals surface area contributed by atoms with Gasteiger partial charge in [0.2, 0.25) is 11.8 Å². The number of aryl methyl sites for hydroxylation is 2. The molecule has 1 fully saturated rings. The van der Waals surface area contributed by atoms with Crippen LogP contribution in [0.5, 0.6) is 0 Å². The van der Waals surface area contributed by atoms with Crippen molar-refractivity contribution >= 4 is 17.5 Å². The highest BCUT2D eigenvalue weighted by Gasteiger charge is 2.29. The van der Waals surface area contributed by atoms with Gasteiger partial charge < -0.3 is 10.2 Å². The molecule has 132 valence electrons. The SMILES string of the molecule is CCC(CC)C(=O)N1CCC(C(=O)Nc2c(C)cccc2C)CC1. The van der Waals surface area contributed by atoms with Gasteiger partial charge in [0.25, 0.3) is 0 Å². The van der Waals surface area contributed by atoms with Crippen molar-refractivity contribution in [2.45, 2.75) is 53.4 Å². The van der Waals surface area contributed by atoms with Crippen LogP contribution in [0.4, 0.5) is 5.69 Å². The molecule has 1 aliphatic rings. The normalized spacial score (nSPS) is 15.6. The van der Waals surface area contributed by atoms with E-state index >= 15 is 0 Å². The second-order valence-electron chi connectivity index (χ2n) is 6.87. The fourth-order valence-electron chi connectivity index (χ4n) is 3.50. The van der Waals surface area contributed by atoms with Crippen LogP contribution in [0.2, 0.25) is 0 Å². The van der Waals surface area contributed by atoms with E-state index in [9.17, 15) is 9.59 Å². The van der Waals surface area contributed by atoms with Crippen molar-refractivity contribution < 1.29 is 9.59 Å². The number of carbonyl (C=O) groups is 2. The van der Waals surface area contributed by atoms with Gasteiger partial charge in [-0.1, -0.05) is 32.0 Å². The first-order chi connectivity index (χ1) is 11.5. The summed E-state index contributed by atoms with van der Waals surface area (Å²) in [4.78, 5) is 27.0. The molecule has 0 aliphatic carbocycles. The van der Waals surface area contributed by atoms with Crippen LogP contribution in [0.25, 0.3) is 0 Å². The Labute approximate surface area is 145 Å². The summed E-state index contributed by atoms with van der Waals surface area (Å²) in [5.41, 5.74) is 3.10. The molecule has 24 heavy (non-hydrogen) atoms. The Morgan fingerprint density at radius 1 is 1.12 bits per heavy atom. The molecule has 1 aromatic carbocycles. The van der Waals surface area contributed by atoms with Crippen molar-refractivity contribution in [2.75, 3.05) is 18.4 Å². The third-order valence-corrected chi connectivity index (χ3v) is 5.24. The lowest BCUT2D eigenvalue weighted by Crippen LogP contribution is -2.43. The van der Waals surface area contributed by atoms with Crippen LogP contribution in [-0.2, 0) is 9.59 Å². The van der Waals surface area contributed by atoms with Gasteiger partial charge in [0.1, 0.15) is 0 Å². The maximum atomic E-state index is 12.6. The van der Waals surface area contributed by atoms with Gasteiger partial charge in [-0.15, -0.1) is 0 Å². The number of nitrogens with zero attached hydrogens (tertiary/aromatic N) is 1. The van der Waals surface area contributed by atoms with Crippen molar-refractivity contribution in [3.8, 4) is 0 Å². The lowest BCUT2D eigenvalue weighted by molar-refractivity contribution is -0.138. The Bertz CT molecular complexity index is 565. The fraction of sp³-hybridized carbons (Fsp3) is 0.600. The Morgan fingerprint density at radius 3 is 2.17 bits per heavy atom. The first kappa shape index (κ1) is 18.5. The number of likely N-dealkylation sites (tertiary alicyclic amines) is 1. The highest BCUT2D eigenvalue weighted by molar-refractivity contribution is 5.94. The summed E-state index contributed by atoms with van der Waals surface area (Å²) in [6.45, 7) is 9.55. The van der Waals surface area contributed by atoms with E-state index in [1.165, 1.54) is 0 Å². The number of hydrogen-bond acceptors (Lipinski definition) is 2. The molecule has 0 radical (unpaired) electrons. The standard InChI is InChI=1S/C20H30N2O2/c1-5-16(6-2)20(24)22-12-10-17(11-13-22)19(23)21-18-14(3)8-7-9-15(18)4/h7-9,16-17H,5-6,10-13H2,1-4H3,(H,21,23). The van der Waals surface area contributed by atoms with Gasteiger partial charge >= 0.3 is 0 Å². The highest BCUT2D eigenvalue weighted by Crippen LogP contribution is 2.25. The summed E-state index contributed by atoms with van der Waals surface area (Å²) in [5.74, 6) is 0.468. The number of hydrogen-bond donors (Lipinski definition) is 1. The maximum absolute atomic E-state index is 12.6. The third-order valence-electron chi connectivity index (χ3n) is 5.24. The van der Waals surface area contributed by atoms with Crippen molar-refractivity contribution in [2.24, 2.45) is 11.8 Å². The molecule has 2 amide bonds. The molecular weight excluding hydrogens is 300 g/mol. The van der Waals surface area contributed by atoms with Gasteiger partial charge in [0, 0.05) is 30.6 Å². The van der Waals surface area contributed by atoms with Crippen LogP contribution in [0, 0.1) is 25.7 Å². The quantitative estimate of drug-likeness (QED) is 0.889. The van der Waals surface area contributed by atoms with Crippen LogP contribution in [0.3, 0.4) is 0 Å². The molecule has 1 aliphatic heterocycles. The summed E-state index contributed by atoms with van der Waals surface area (Å²) in [5, 5.41) is 3.09. The second-order valence-corrected chi connectivity index (χ2v) is 6.87. The van der Waals surface area contributed by atoms with E-state index in [-0.39, 0.29) is 23.7 Å². The predicted molar refractivity (Wildman–Crippen MR) is 97.9 cm³/mol. The zero-order valence-corrected chi connectivity index (χ0v) is 15.4. The number of benzene rings is 1. The number of carbonyl (C=O) groups excluding carboxylic acids is 2. The van der Waals surface area contributed by atoms with Crippen LogP contribution >= 0.6 is 0 Å².